The number of nitrogens with zero attached hydrogens (tertiary/aromatic N) is 3. The van der Waals surface area contributed by atoms with Crippen molar-refractivity contribution in [3.05, 3.63) is 203 Å². The zero-order valence-electron chi connectivity index (χ0n) is 45.3. The highest BCUT2D eigenvalue weighted by molar-refractivity contribution is 7.00. The van der Waals surface area contributed by atoms with E-state index in [2.05, 4.69) is 254 Å². The normalized spacial score (nSPS) is 23.9. The van der Waals surface area contributed by atoms with E-state index in [0.717, 1.165) is 19.3 Å². The van der Waals surface area contributed by atoms with Gasteiger partial charge in [0, 0.05) is 50.6 Å². The van der Waals surface area contributed by atoms with E-state index in [0.29, 0.717) is 0 Å². The zero-order chi connectivity index (χ0) is 50.9. The molecular formula is C70H70BN3. The first-order valence-electron chi connectivity index (χ1n) is 27.8. The van der Waals surface area contributed by atoms with Crippen LogP contribution in [0.1, 0.15) is 135 Å². The Morgan fingerprint density at radius 3 is 1.76 bits per heavy atom. The van der Waals surface area contributed by atoms with Gasteiger partial charge in [-0.1, -0.05) is 202 Å². The minimum absolute atomic E-state index is 0.0173. The molecule has 0 spiro atoms. The molecule has 0 saturated heterocycles. The molecular weight excluding hydrogens is 894 g/mol. The average molecular weight is 964 g/mol. The Kier molecular flexibility index (Phi) is 9.54. The van der Waals surface area contributed by atoms with Gasteiger partial charge in [-0.05, 0) is 159 Å². The van der Waals surface area contributed by atoms with Crippen molar-refractivity contribution in [2.24, 2.45) is 0 Å². The Hall–Kier alpha value is -6.78. The SMILES string of the molecule is CC(C)(C)c1cc2c3c(c1)C1(C)CCCCC1(C)N3c1cc(N3c4ccc(C(C)(C)C)cc4C4(C)CCc5ccccc5C34C)cc3c1B2c1cc(-c2ccccc2)ccc1N3c1ccc(-c2ccccc2)cc1. The Balaban J connectivity index is 1.11. The van der Waals surface area contributed by atoms with Crippen molar-refractivity contribution in [2.75, 3.05) is 14.7 Å². The number of hydrogen-bond donors (Lipinski definition) is 0. The van der Waals surface area contributed by atoms with Crippen LogP contribution in [0, 0.1) is 0 Å². The lowest BCUT2D eigenvalue weighted by Gasteiger charge is -2.54. The van der Waals surface area contributed by atoms with Gasteiger partial charge in [0.15, 0.2) is 0 Å². The number of aryl methyl sites for hydroxylation is 1. The van der Waals surface area contributed by atoms with E-state index in [1.54, 1.807) is 5.56 Å². The molecule has 0 aromatic heterocycles. The van der Waals surface area contributed by atoms with Gasteiger partial charge in [-0.15, -0.1) is 0 Å². The molecule has 2 aliphatic carbocycles. The molecule has 4 heterocycles. The zero-order valence-corrected chi connectivity index (χ0v) is 45.3. The molecule has 14 rings (SSSR count). The fraction of sp³-hybridized carbons (Fsp3) is 0.314. The predicted molar refractivity (Wildman–Crippen MR) is 315 cm³/mol. The van der Waals surface area contributed by atoms with Crippen molar-refractivity contribution in [2.45, 2.75) is 141 Å². The molecule has 0 radical (unpaired) electrons. The molecule has 1 fully saturated rings. The summed E-state index contributed by atoms with van der Waals surface area (Å²) in [5.41, 5.74) is 26.5. The maximum atomic E-state index is 2.95. The Bertz CT molecular complexity index is 3620. The molecule has 368 valence electrons. The molecule has 4 atom stereocenters. The molecule has 0 amide bonds. The third-order valence-corrected chi connectivity index (χ3v) is 20.1. The highest BCUT2D eigenvalue weighted by Crippen LogP contribution is 2.66. The van der Waals surface area contributed by atoms with Gasteiger partial charge in [0.25, 0.3) is 6.71 Å². The first-order valence-corrected chi connectivity index (χ1v) is 27.8. The van der Waals surface area contributed by atoms with Crippen molar-refractivity contribution < 1.29 is 0 Å². The number of hydrogen-bond acceptors (Lipinski definition) is 3. The van der Waals surface area contributed by atoms with Crippen LogP contribution in [0.25, 0.3) is 22.3 Å². The molecule has 4 aliphatic heterocycles. The Morgan fingerprint density at radius 1 is 0.432 bits per heavy atom. The summed E-state index contributed by atoms with van der Waals surface area (Å²) in [5, 5.41) is 0. The van der Waals surface area contributed by atoms with Crippen LogP contribution in [0.15, 0.2) is 170 Å². The van der Waals surface area contributed by atoms with E-state index in [9.17, 15) is 0 Å². The molecule has 6 aliphatic rings. The van der Waals surface area contributed by atoms with Gasteiger partial charge < -0.3 is 14.7 Å². The van der Waals surface area contributed by atoms with Crippen LogP contribution in [0.2, 0.25) is 0 Å². The van der Waals surface area contributed by atoms with Gasteiger partial charge in [-0.2, -0.15) is 0 Å². The summed E-state index contributed by atoms with van der Waals surface area (Å²) >= 11 is 0. The van der Waals surface area contributed by atoms with Crippen molar-refractivity contribution in [1.29, 1.82) is 0 Å². The highest BCUT2D eigenvalue weighted by Gasteiger charge is 2.63. The van der Waals surface area contributed by atoms with Crippen LogP contribution in [-0.2, 0) is 33.6 Å². The summed E-state index contributed by atoms with van der Waals surface area (Å²) in [4.78, 5) is 8.44. The Labute approximate surface area is 441 Å². The number of rotatable bonds is 4. The summed E-state index contributed by atoms with van der Waals surface area (Å²) in [6.45, 7) is 24.9. The topological polar surface area (TPSA) is 9.72 Å². The third-order valence-electron chi connectivity index (χ3n) is 20.1. The maximum Gasteiger partial charge on any atom is 0.252 e. The summed E-state index contributed by atoms with van der Waals surface area (Å²) in [6.07, 6.45) is 6.98. The maximum absolute atomic E-state index is 2.95. The van der Waals surface area contributed by atoms with E-state index in [1.165, 1.54) is 126 Å². The Morgan fingerprint density at radius 2 is 1.04 bits per heavy atom. The van der Waals surface area contributed by atoms with Gasteiger partial charge >= 0.3 is 0 Å². The minimum atomic E-state index is -0.367. The first kappa shape index (κ1) is 45.8. The van der Waals surface area contributed by atoms with Crippen molar-refractivity contribution in [3.63, 3.8) is 0 Å². The highest BCUT2D eigenvalue weighted by atomic mass is 15.3. The summed E-state index contributed by atoms with van der Waals surface area (Å²) in [6, 6.07) is 66.4. The molecule has 1 saturated carbocycles. The lowest BCUT2D eigenvalue weighted by Crippen LogP contribution is -2.64. The molecule has 4 heteroatoms. The summed E-state index contributed by atoms with van der Waals surface area (Å²) in [7, 11) is 0. The molecule has 74 heavy (non-hydrogen) atoms. The lowest BCUT2D eigenvalue weighted by molar-refractivity contribution is 0.195. The van der Waals surface area contributed by atoms with Crippen molar-refractivity contribution >= 4 is 62.9 Å². The smallest absolute Gasteiger partial charge is 0.252 e. The molecule has 8 aromatic carbocycles. The van der Waals surface area contributed by atoms with Gasteiger partial charge in [0.05, 0.1) is 11.1 Å². The van der Waals surface area contributed by atoms with Gasteiger partial charge in [-0.25, -0.2) is 0 Å². The van der Waals surface area contributed by atoms with Gasteiger partial charge in [0.2, 0.25) is 0 Å². The molecule has 4 unspecified atom stereocenters. The van der Waals surface area contributed by atoms with E-state index in [4.69, 9.17) is 0 Å². The van der Waals surface area contributed by atoms with Crippen LogP contribution in [-0.4, -0.2) is 12.3 Å². The van der Waals surface area contributed by atoms with Crippen molar-refractivity contribution in [1.82, 2.24) is 0 Å². The standard InChI is InChI=1S/C70H70BN3/c1-65(2,3)50-30-34-59-55(40-50)68(8)38-35-48-25-17-18-26-54(48)70(68,10)73(59)53-43-61-63-62(44-53)74-64-56(67(7)36-19-20-37-69(67,74)9)41-51(66(4,5)6)42-58(64)71(63)57-39-49(46-23-15-12-16-24-46)29-33-60(57)72(61)52-31-27-47(28-32-52)45-21-13-11-14-22-45/h11-18,21-34,39-44H,19-20,35-38H2,1-10H3. The van der Waals surface area contributed by atoms with Crippen molar-refractivity contribution in [3.8, 4) is 22.3 Å². The van der Waals surface area contributed by atoms with E-state index < -0.39 is 0 Å². The minimum Gasteiger partial charge on any atom is -0.335 e. The average Bonchev–Trinajstić information content (AvgIpc) is 3.77. The van der Waals surface area contributed by atoms with Crippen LogP contribution >= 0.6 is 0 Å². The fourth-order valence-corrected chi connectivity index (χ4v) is 15.6. The van der Waals surface area contributed by atoms with Crippen LogP contribution in [0.3, 0.4) is 0 Å². The van der Waals surface area contributed by atoms with Gasteiger partial charge in [0.1, 0.15) is 0 Å². The second-order valence-electron chi connectivity index (χ2n) is 26.0. The second kappa shape index (κ2) is 15.4. The summed E-state index contributed by atoms with van der Waals surface area (Å²) in [5.74, 6) is 0. The number of benzene rings is 8. The van der Waals surface area contributed by atoms with Gasteiger partial charge in [-0.3, -0.25) is 0 Å². The fourth-order valence-electron chi connectivity index (χ4n) is 15.6. The quantitative estimate of drug-likeness (QED) is 0.163. The van der Waals surface area contributed by atoms with E-state index in [1.807, 2.05) is 0 Å². The molecule has 0 N–H and O–H groups in total. The van der Waals surface area contributed by atoms with Crippen LogP contribution in [0.5, 0.6) is 0 Å². The number of anilines is 7. The van der Waals surface area contributed by atoms with E-state index in [-0.39, 0.29) is 39.5 Å². The first-order chi connectivity index (χ1) is 35.4. The largest absolute Gasteiger partial charge is 0.335 e. The molecule has 0 bridgehead atoms. The molecule has 8 aromatic rings. The second-order valence-corrected chi connectivity index (χ2v) is 26.0. The third kappa shape index (κ3) is 6.03. The number of fused-ring (bicyclic) bond motifs is 12. The predicted octanol–water partition coefficient (Wildman–Crippen LogP) is 16.2. The monoisotopic (exact) mass is 964 g/mol. The lowest BCUT2D eigenvalue weighted by atomic mass is 9.33. The van der Waals surface area contributed by atoms with Crippen LogP contribution in [0.4, 0.5) is 39.8 Å². The molecule has 3 nitrogen and oxygen atoms in total. The van der Waals surface area contributed by atoms with Crippen LogP contribution < -0.4 is 31.1 Å². The van der Waals surface area contributed by atoms with E-state index >= 15 is 0 Å². The summed E-state index contributed by atoms with van der Waals surface area (Å²) < 4.78 is 0.